The third-order valence-corrected chi connectivity index (χ3v) is 4.49. The van der Waals surface area contributed by atoms with Gasteiger partial charge in [0.15, 0.2) is 5.69 Å². The Morgan fingerprint density at radius 3 is 2.71 bits per heavy atom. The summed E-state index contributed by atoms with van der Waals surface area (Å²) in [6.45, 7) is 3.96. The number of carbonyl (C=O) groups is 1. The lowest BCUT2D eigenvalue weighted by atomic mass is 10.3. The monoisotopic (exact) mass is 349 g/mol. The average Bonchev–Trinajstić information content (AvgIpc) is 3.11. The summed E-state index contributed by atoms with van der Waals surface area (Å²) in [6, 6.07) is 3.80. The van der Waals surface area contributed by atoms with E-state index in [1.165, 1.54) is 12.8 Å². The van der Waals surface area contributed by atoms with Gasteiger partial charge in [-0.05, 0) is 47.8 Å². The molecule has 1 saturated heterocycles. The summed E-state index contributed by atoms with van der Waals surface area (Å²) in [5.41, 5.74) is 1.83. The Balaban J connectivity index is 1.70. The second-order valence-electron chi connectivity index (χ2n) is 5.06. The minimum Gasteiger partial charge on any atom is -0.357 e. The smallest absolute Gasteiger partial charge is 0.277 e. The summed E-state index contributed by atoms with van der Waals surface area (Å²) >= 11 is 3.34. The Hall–Kier alpha value is -1.89. The van der Waals surface area contributed by atoms with Crippen LogP contribution >= 0.6 is 15.9 Å². The molecule has 0 aromatic carbocycles. The molecule has 21 heavy (non-hydrogen) atoms. The quantitative estimate of drug-likeness (QED) is 0.893. The van der Waals surface area contributed by atoms with Crippen molar-refractivity contribution in [2.24, 2.45) is 0 Å². The molecule has 0 unspecified atom stereocenters. The first-order valence-electron chi connectivity index (χ1n) is 6.88. The lowest BCUT2D eigenvalue weighted by Gasteiger charge is -2.16. The number of hydrogen-bond donors (Lipinski definition) is 2. The molecule has 0 atom stereocenters. The zero-order valence-corrected chi connectivity index (χ0v) is 13.3. The van der Waals surface area contributed by atoms with Crippen molar-refractivity contribution in [3.63, 3.8) is 0 Å². The van der Waals surface area contributed by atoms with Crippen molar-refractivity contribution in [2.75, 3.05) is 23.3 Å². The highest BCUT2D eigenvalue weighted by Crippen LogP contribution is 2.21. The number of nitrogens with one attached hydrogen (secondary N) is 2. The minimum absolute atomic E-state index is 0.262. The normalized spacial score (nSPS) is 14.5. The summed E-state index contributed by atoms with van der Waals surface area (Å²) in [5.74, 6) is 0.698. The molecule has 6 nitrogen and oxygen atoms in total. The van der Waals surface area contributed by atoms with Crippen LogP contribution in [-0.4, -0.2) is 34.2 Å². The van der Waals surface area contributed by atoms with E-state index in [-0.39, 0.29) is 5.91 Å². The van der Waals surface area contributed by atoms with Gasteiger partial charge in [-0.15, -0.1) is 0 Å². The molecule has 7 heteroatoms. The van der Waals surface area contributed by atoms with Crippen LogP contribution in [0.2, 0.25) is 0 Å². The fourth-order valence-electron chi connectivity index (χ4n) is 2.35. The first kappa shape index (κ1) is 14.1. The molecule has 110 valence electrons. The van der Waals surface area contributed by atoms with Crippen LogP contribution < -0.4 is 10.2 Å². The number of aromatic amines is 1. The molecule has 0 radical (unpaired) electrons. The molecular formula is C14H16BrN5O. The molecule has 0 aliphatic carbocycles. The fraction of sp³-hybridized carbons (Fsp3) is 0.357. The molecule has 3 heterocycles. The molecule has 2 N–H and O–H groups in total. The zero-order chi connectivity index (χ0) is 14.8. The van der Waals surface area contributed by atoms with Gasteiger partial charge in [0.25, 0.3) is 5.91 Å². The molecule has 1 fully saturated rings. The second kappa shape index (κ2) is 5.85. The SMILES string of the molecule is Cc1[nH]nc(C(=O)Nc2ccc(N3CCCC3)nc2)c1Br. The largest absolute Gasteiger partial charge is 0.357 e. The van der Waals surface area contributed by atoms with E-state index in [1.54, 1.807) is 6.20 Å². The van der Waals surface area contributed by atoms with Crippen LogP contribution in [0.5, 0.6) is 0 Å². The molecule has 1 aliphatic rings. The lowest BCUT2D eigenvalue weighted by Crippen LogP contribution is -2.19. The Kier molecular flexibility index (Phi) is 3.92. The van der Waals surface area contributed by atoms with Crippen LogP contribution in [0.15, 0.2) is 22.8 Å². The van der Waals surface area contributed by atoms with Gasteiger partial charge in [-0.25, -0.2) is 4.98 Å². The summed E-state index contributed by atoms with van der Waals surface area (Å²) in [5, 5.41) is 9.55. The van der Waals surface area contributed by atoms with Crippen LogP contribution in [0.3, 0.4) is 0 Å². The fourth-order valence-corrected chi connectivity index (χ4v) is 2.71. The van der Waals surface area contributed by atoms with Crippen LogP contribution in [0.25, 0.3) is 0 Å². The molecule has 2 aromatic rings. The number of halogens is 1. The number of pyridine rings is 1. The van der Waals surface area contributed by atoms with E-state index in [9.17, 15) is 4.79 Å². The van der Waals surface area contributed by atoms with Gasteiger partial charge in [0.1, 0.15) is 5.82 Å². The van der Waals surface area contributed by atoms with Crippen LogP contribution in [0.1, 0.15) is 29.0 Å². The molecule has 0 bridgehead atoms. The first-order valence-corrected chi connectivity index (χ1v) is 7.67. The molecule has 2 aromatic heterocycles. The third-order valence-electron chi connectivity index (χ3n) is 3.52. The molecule has 1 amide bonds. The van der Waals surface area contributed by atoms with E-state index < -0.39 is 0 Å². The lowest BCUT2D eigenvalue weighted by molar-refractivity contribution is 0.102. The summed E-state index contributed by atoms with van der Waals surface area (Å²) in [7, 11) is 0. The van der Waals surface area contributed by atoms with Gasteiger partial charge in [-0.2, -0.15) is 5.10 Å². The van der Waals surface area contributed by atoms with Crippen molar-refractivity contribution < 1.29 is 4.79 Å². The van der Waals surface area contributed by atoms with E-state index >= 15 is 0 Å². The number of aryl methyl sites for hydroxylation is 1. The Morgan fingerprint density at radius 1 is 1.38 bits per heavy atom. The van der Waals surface area contributed by atoms with Crippen molar-refractivity contribution in [1.29, 1.82) is 0 Å². The average molecular weight is 350 g/mol. The van der Waals surface area contributed by atoms with Gasteiger partial charge in [-0.3, -0.25) is 9.89 Å². The molecule has 0 saturated carbocycles. The van der Waals surface area contributed by atoms with Gasteiger partial charge in [-0.1, -0.05) is 0 Å². The number of rotatable bonds is 3. The number of hydrogen-bond acceptors (Lipinski definition) is 4. The predicted octanol–water partition coefficient (Wildman–Crippen LogP) is 2.73. The minimum atomic E-state index is -0.262. The van der Waals surface area contributed by atoms with E-state index in [0.29, 0.717) is 15.9 Å². The van der Waals surface area contributed by atoms with Crippen LogP contribution in [-0.2, 0) is 0 Å². The van der Waals surface area contributed by atoms with Gasteiger partial charge < -0.3 is 10.2 Å². The van der Waals surface area contributed by atoms with E-state index in [2.05, 4.69) is 41.3 Å². The van der Waals surface area contributed by atoms with Crippen LogP contribution in [0, 0.1) is 6.92 Å². The maximum atomic E-state index is 12.1. The molecule has 0 spiro atoms. The maximum absolute atomic E-state index is 12.1. The van der Waals surface area contributed by atoms with Crippen molar-refractivity contribution >= 4 is 33.3 Å². The third kappa shape index (κ3) is 2.92. The summed E-state index contributed by atoms with van der Waals surface area (Å²) in [4.78, 5) is 18.8. The van der Waals surface area contributed by atoms with Gasteiger partial charge in [0.2, 0.25) is 0 Å². The van der Waals surface area contributed by atoms with E-state index in [0.717, 1.165) is 24.6 Å². The standard InChI is InChI=1S/C14H16BrN5O/c1-9-12(15)13(19-18-9)14(21)17-10-4-5-11(16-8-10)20-6-2-3-7-20/h4-5,8H,2-3,6-7H2,1H3,(H,17,21)(H,18,19). The number of carbonyl (C=O) groups excluding carboxylic acids is 1. The number of amides is 1. The second-order valence-corrected chi connectivity index (χ2v) is 5.86. The zero-order valence-electron chi connectivity index (χ0n) is 11.7. The summed E-state index contributed by atoms with van der Waals surface area (Å²) in [6.07, 6.45) is 4.11. The Bertz CT molecular complexity index is 646. The van der Waals surface area contributed by atoms with Gasteiger partial charge in [0, 0.05) is 18.8 Å². The molecular weight excluding hydrogens is 334 g/mol. The Morgan fingerprint density at radius 2 is 2.14 bits per heavy atom. The maximum Gasteiger partial charge on any atom is 0.277 e. The molecule has 3 rings (SSSR count). The highest BCUT2D eigenvalue weighted by molar-refractivity contribution is 9.10. The highest BCUT2D eigenvalue weighted by atomic mass is 79.9. The number of nitrogens with zero attached hydrogens (tertiary/aromatic N) is 3. The van der Waals surface area contributed by atoms with Crippen molar-refractivity contribution in [1.82, 2.24) is 15.2 Å². The Labute approximate surface area is 131 Å². The van der Waals surface area contributed by atoms with Crippen molar-refractivity contribution in [3.05, 3.63) is 34.2 Å². The van der Waals surface area contributed by atoms with Gasteiger partial charge >= 0.3 is 0 Å². The summed E-state index contributed by atoms with van der Waals surface area (Å²) < 4.78 is 0.682. The van der Waals surface area contributed by atoms with E-state index in [4.69, 9.17) is 0 Å². The predicted molar refractivity (Wildman–Crippen MR) is 84.7 cm³/mol. The topological polar surface area (TPSA) is 73.9 Å². The van der Waals surface area contributed by atoms with Crippen LogP contribution in [0.4, 0.5) is 11.5 Å². The first-order chi connectivity index (χ1) is 10.1. The number of aromatic nitrogens is 3. The van der Waals surface area contributed by atoms with Gasteiger partial charge in [0.05, 0.1) is 16.4 Å². The van der Waals surface area contributed by atoms with E-state index in [1.807, 2.05) is 19.1 Å². The number of anilines is 2. The van der Waals surface area contributed by atoms with Crippen molar-refractivity contribution in [3.8, 4) is 0 Å². The molecule has 1 aliphatic heterocycles. The number of H-pyrrole nitrogens is 1. The highest BCUT2D eigenvalue weighted by Gasteiger charge is 2.17. The van der Waals surface area contributed by atoms with Crippen molar-refractivity contribution in [2.45, 2.75) is 19.8 Å².